The van der Waals surface area contributed by atoms with Crippen molar-refractivity contribution in [3.05, 3.63) is 42.0 Å². The van der Waals surface area contributed by atoms with Gasteiger partial charge in [-0.15, -0.1) is 0 Å². The van der Waals surface area contributed by atoms with Crippen molar-refractivity contribution in [1.29, 1.82) is 0 Å². The molecule has 2 atom stereocenters. The zero-order valence-electron chi connectivity index (χ0n) is 17.7. The number of rotatable bonds is 4. The van der Waals surface area contributed by atoms with Gasteiger partial charge >= 0.3 is 5.97 Å². The predicted molar refractivity (Wildman–Crippen MR) is 113 cm³/mol. The fraction of sp³-hybridized carbons (Fsp3) is 0.545. The van der Waals surface area contributed by atoms with Crippen LogP contribution in [0.2, 0.25) is 0 Å². The maximum absolute atomic E-state index is 13.0. The fourth-order valence-corrected chi connectivity index (χ4v) is 5.44. The Morgan fingerprint density at radius 1 is 0.933 bits per heavy atom. The molecular formula is C22H30N2O5S. The van der Waals surface area contributed by atoms with Gasteiger partial charge in [-0.05, 0) is 36.0 Å². The van der Waals surface area contributed by atoms with Crippen molar-refractivity contribution in [3.8, 4) is 0 Å². The smallest absolute Gasteiger partial charge is 0.307 e. The summed E-state index contributed by atoms with van der Waals surface area (Å²) in [4.78, 5) is 26.2. The monoisotopic (exact) mass is 434 g/mol. The van der Waals surface area contributed by atoms with Crippen molar-refractivity contribution in [2.24, 2.45) is 11.8 Å². The normalized spacial score (nSPS) is 23.4. The van der Waals surface area contributed by atoms with Gasteiger partial charge in [-0.1, -0.05) is 45.1 Å². The molecule has 1 fully saturated rings. The van der Waals surface area contributed by atoms with E-state index in [1.54, 1.807) is 23.1 Å². The summed E-state index contributed by atoms with van der Waals surface area (Å²) in [7, 11) is -3.63. The number of sulfonamides is 1. The maximum atomic E-state index is 13.0. The Hall–Kier alpha value is -2.19. The summed E-state index contributed by atoms with van der Waals surface area (Å²) in [5.74, 6) is -2.46. The third-order valence-corrected chi connectivity index (χ3v) is 7.89. The zero-order chi connectivity index (χ0) is 22.1. The predicted octanol–water partition coefficient (Wildman–Crippen LogP) is 2.48. The van der Waals surface area contributed by atoms with Crippen molar-refractivity contribution >= 4 is 21.9 Å². The number of carboxylic acids is 1. The second kappa shape index (κ2) is 8.51. The number of hydrogen-bond donors (Lipinski definition) is 1. The Labute approximate surface area is 178 Å². The molecule has 1 saturated heterocycles. The summed E-state index contributed by atoms with van der Waals surface area (Å²) >= 11 is 0. The molecule has 2 aliphatic rings. The molecule has 0 radical (unpaired) electrons. The first kappa shape index (κ1) is 22.5. The number of hydrogen-bond acceptors (Lipinski definition) is 4. The Morgan fingerprint density at radius 2 is 1.47 bits per heavy atom. The van der Waals surface area contributed by atoms with Gasteiger partial charge in [0.25, 0.3) is 0 Å². The van der Waals surface area contributed by atoms with Gasteiger partial charge in [0.2, 0.25) is 15.9 Å². The molecule has 7 nitrogen and oxygen atoms in total. The first-order chi connectivity index (χ1) is 14.0. The van der Waals surface area contributed by atoms with Crippen LogP contribution in [0.3, 0.4) is 0 Å². The highest BCUT2D eigenvalue weighted by Gasteiger charge is 2.38. The summed E-state index contributed by atoms with van der Waals surface area (Å²) in [6, 6.07) is 6.96. The standard InChI is InChI=1S/C22H30N2O5S/c1-22(2,3)16-8-10-17(11-9-16)30(28,29)24-14-12-23(13-15-24)20(25)18-6-4-5-7-19(18)21(26)27/h4-5,8-11,18-19H,6-7,12-15H2,1-3H3,(H,26,27)/t18-,19-/m0/s1. The highest BCUT2D eigenvalue weighted by Crippen LogP contribution is 2.29. The van der Waals surface area contributed by atoms with Gasteiger partial charge in [0.15, 0.2) is 0 Å². The number of amides is 1. The van der Waals surface area contributed by atoms with Gasteiger partial charge in [-0.25, -0.2) is 8.42 Å². The largest absolute Gasteiger partial charge is 0.481 e. The van der Waals surface area contributed by atoms with E-state index in [-0.39, 0.29) is 42.4 Å². The van der Waals surface area contributed by atoms with Crippen LogP contribution in [-0.2, 0) is 25.0 Å². The number of carboxylic acid groups (broad SMARTS) is 1. The van der Waals surface area contributed by atoms with Crippen molar-refractivity contribution in [2.45, 2.75) is 43.9 Å². The summed E-state index contributed by atoms with van der Waals surface area (Å²) in [6.07, 6.45) is 4.42. The van der Waals surface area contributed by atoms with Crippen LogP contribution in [0.1, 0.15) is 39.2 Å². The molecule has 0 unspecified atom stereocenters. The number of carbonyl (C=O) groups is 2. The van der Waals surface area contributed by atoms with Gasteiger partial charge < -0.3 is 10.0 Å². The lowest BCUT2D eigenvalue weighted by molar-refractivity contribution is -0.151. The minimum atomic E-state index is -3.63. The molecule has 30 heavy (non-hydrogen) atoms. The Balaban J connectivity index is 1.66. The fourth-order valence-electron chi connectivity index (χ4n) is 4.02. The average Bonchev–Trinajstić information content (AvgIpc) is 2.72. The highest BCUT2D eigenvalue weighted by molar-refractivity contribution is 7.89. The van der Waals surface area contributed by atoms with Gasteiger partial charge in [0, 0.05) is 26.2 Å². The second-order valence-corrected chi connectivity index (χ2v) is 10.9. The number of allylic oxidation sites excluding steroid dienone is 2. The van der Waals surface area contributed by atoms with Crippen LogP contribution >= 0.6 is 0 Å². The molecular weight excluding hydrogens is 404 g/mol. The number of nitrogens with zero attached hydrogens (tertiary/aromatic N) is 2. The topological polar surface area (TPSA) is 95.0 Å². The van der Waals surface area contributed by atoms with Gasteiger partial charge in [0.05, 0.1) is 16.7 Å². The van der Waals surface area contributed by atoms with E-state index in [0.717, 1.165) is 5.56 Å². The lowest BCUT2D eigenvalue weighted by atomic mass is 9.82. The molecule has 3 rings (SSSR count). The van der Waals surface area contributed by atoms with Crippen LogP contribution in [0, 0.1) is 11.8 Å². The molecule has 1 aromatic carbocycles. The molecule has 0 saturated carbocycles. The summed E-state index contributed by atoms with van der Waals surface area (Å²) < 4.78 is 27.4. The minimum absolute atomic E-state index is 0.0591. The number of piperazine rings is 1. The van der Waals surface area contributed by atoms with E-state index >= 15 is 0 Å². The van der Waals surface area contributed by atoms with Crippen LogP contribution in [0.4, 0.5) is 0 Å². The molecule has 0 aromatic heterocycles. The number of benzene rings is 1. The molecule has 164 valence electrons. The average molecular weight is 435 g/mol. The summed E-state index contributed by atoms with van der Waals surface area (Å²) in [5.41, 5.74) is 1.00. The van der Waals surface area contributed by atoms with Crippen LogP contribution in [0.25, 0.3) is 0 Å². The van der Waals surface area contributed by atoms with Crippen LogP contribution in [0.5, 0.6) is 0 Å². The summed E-state index contributed by atoms with van der Waals surface area (Å²) in [5, 5.41) is 9.41. The zero-order valence-corrected chi connectivity index (χ0v) is 18.6. The molecule has 0 spiro atoms. The Kier molecular flexibility index (Phi) is 6.38. The molecule has 8 heteroatoms. The second-order valence-electron chi connectivity index (χ2n) is 9.00. The number of carbonyl (C=O) groups excluding carboxylic acids is 1. The SMILES string of the molecule is CC(C)(C)c1ccc(S(=O)(=O)N2CCN(C(=O)[C@H]3CC=CC[C@@H]3C(=O)O)CC2)cc1. The number of aliphatic carboxylic acids is 1. The third kappa shape index (κ3) is 4.59. The van der Waals surface area contributed by atoms with E-state index in [1.165, 1.54) is 4.31 Å². The van der Waals surface area contributed by atoms with E-state index in [1.807, 2.05) is 18.2 Å². The molecule has 0 bridgehead atoms. The third-order valence-electron chi connectivity index (χ3n) is 5.98. The summed E-state index contributed by atoms with van der Waals surface area (Å²) in [6.45, 7) is 7.16. The highest BCUT2D eigenvalue weighted by atomic mass is 32.2. The minimum Gasteiger partial charge on any atom is -0.481 e. The van der Waals surface area contributed by atoms with Crippen LogP contribution < -0.4 is 0 Å². The quantitative estimate of drug-likeness (QED) is 0.735. The van der Waals surface area contributed by atoms with Crippen molar-refractivity contribution in [3.63, 3.8) is 0 Å². The van der Waals surface area contributed by atoms with Gasteiger partial charge in [0.1, 0.15) is 0 Å². The first-order valence-corrected chi connectivity index (χ1v) is 11.7. The lowest BCUT2D eigenvalue weighted by Crippen LogP contribution is -2.53. The van der Waals surface area contributed by atoms with Crippen molar-refractivity contribution < 1.29 is 23.1 Å². The van der Waals surface area contributed by atoms with Gasteiger partial charge in [-0.3, -0.25) is 9.59 Å². The first-order valence-electron chi connectivity index (χ1n) is 10.3. The maximum Gasteiger partial charge on any atom is 0.307 e. The van der Waals surface area contributed by atoms with E-state index in [0.29, 0.717) is 12.8 Å². The van der Waals surface area contributed by atoms with E-state index in [9.17, 15) is 23.1 Å². The molecule has 1 amide bonds. The molecule has 1 N–H and O–H groups in total. The van der Waals surface area contributed by atoms with E-state index in [2.05, 4.69) is 20.8 Å². The van der Waals surface area contributed by atoms with E-state index < -0.39 is 27.8 Å². The Bertz CT molecular complexity index is 923. The molecule has 1 aromatic rings. The van der Waals surface area contributed by atoms with Crippen molar-refractivity contribution in [2.75, 3.05) is 26.2 Å². The van der Waals surface area contributed by atoms with Gasteiger partial charge in [-0.2, -0.15) is 4.31 Å². The van der Waals surface area contributed by atoms with E-state index in [4.69, 9.17) is 0 Å². The molecule has 1 aliphatic carbocycles. The lowest BCUT2D eigenvalue weighted by Gasteiger charge is -2.37. The molecule has 1 heterocycles. The molecule has 1 aliphatic heterocycles. The van der Waals surface area contributed by atoms with Crippen molar-refractivity contribution in [1.82, 2.24) is 9.21 Å². The van der Waals surface area contributed by atoms with Crippen LogP contribution in [0.15, 0.2) is 41.3 Å². The Morgan fingerprint density at radius 3 is 1.97 bits per heavy atom. The van der Waals surface area contributed by atoms with Crippen LogP contribution in [-0.4, -0.2) is 60.8 Å².